The summed E-state index contributed by atoms with van der Waals surface area (Å²) in [6.45, 7) is 2.80. The fraction of sp³-hybridized carbons (Fsp3) is 0.611. The first kappa shape index (κ1) is 16.4. The summed E-state index contributed by atoms with van der Waals surface area (Å²) in [5.74, 6) is -1.86. The summed E-state index contributed by atoms with van der Waals surface area (Å²) in [6, 6.07) is 3.89. The summed E-state index contributed by atoms with van der Waals surface area (Å²) >= 11 is 0. The summed E-state index contributed by atoms with van der Waals surface area (Å²) in [5, 5.41) is 2.97. The van der Waals surface area contributed by atoms with Crippen molar-refractivity contribution in [2.24, 2.45) is 5.92 Å². The van der Waals surface area contributed by atoms with Crippen LogP contribution in [0.4, 0.5) is 8.78 Å². The van der Waals surface area contributed by atoms with Gasteiger partial charge >= 0.3 is 0 Å². The first-order valence-electron chi connectivity index (χ1n) is 8.42. The molecule has 1 N–H and O–H groups in total. The van der Waals surface area contributed by atoms with E-state index in [2.05, 4.69) is 5.32 Å². The minimum atomic E-state index is -0.559. The molecule has 23 heavy (non-hydrogen) atoms. The third kappa shape index (κ3) is 3.89. The van der Waals surface area contributed by atoms with Crippen LogP contribution in [0.2, 0.25) is 0 Å². The molecule has 3 rings (SSSR count). The molecule has 1 saturated heterocycles. The minimum Gasteiger partial charge on any atom is -0.378 e. The SMILES string of the molecule is C[C@H](CC[C@@H]1CCCO1)NC(=O)[C@H]1C[C@@H]1c1c(F)cccc1F. The lowest BCUT2D eigenvalue weighted by molar-refractivity contribution is -0.123. The number of carbonyl (C=O) groups excluding carboxylic acids is 1. The van der Waals surface area contributed by atoms with Crippen LogP contribution < -0.4 is 5.32 Å². The van der Waals surface area contributed by atoms with Gasteiger partial charge in [0.25, 0.3) is 0 Å². The molecule has 1 aliphatic carbocycles. The smallest absolute Gasteiger partial charge is 0.223 e. The summed E-state index contributed by atoms with van der Waals surface area (Å²) in [7, 11) is 0. The lowest BCUT2D eigenvalue weighted by Gasteiger charge is -2.16. The van der Waals surface area contributed by atoms with Crippen LogP contribution in [-0.4, -0.2) is 24.7 Å². The van der Waals surface area contributed by atoms with Gasteiger partial charge in [-0.15, -0.1) is 0 Å². The van der Waals surface area contributed by atoms with Crippen LogP contribution in [0.1, 0.15) is 50.5 Å². The van der Waals surface area contributed by atoms with Crippen molar-refractivity contribution in [3.8, 4) is 0 Å². The van der Waals surface area contributed by atoms with Crippen LogP contribution in [0.3, 0.4) is 0 Å². The molecule has 0 bridgehead atoms. The van der Waals surface area contributed by atoms with Crippen molar-refractivity contribution in [1.29, 1.82) is 0 Å². The molecule has 0 radical (unpaired) electrons. The Labute approximate surface area is 135 Å². The normalized spacial score (nSPS) is 27.7. The van der Waals surface area contributed by atoms with E-state index in [9.17, 15) is 13.6 Å². The third-order valence-electron chi connectivity index (χ3n) is 4.83. The maximum absolute atomic E-state index is 13.7. The molecule has 4 atom stereocenters. The third-order valence-corrected chi connectivity index (χ3v) is 4.83. The summed E-state index contributed by atoms with van der Waals surface area (Å²) < 4.78 is 33.1. The fourth-order valence-electron chi connectivity index (χ4n) is 3.40. The van der Waals surface area contributed by atoms with E-state index in [-0.39, 0.29) is 29.3 Å². The van der Waals surface area contributed by atoms with Crippen LogP contribution in [0, 0.1) is 17.6 Å². The van der Waals surface area contributed by atoms with Gasteiger partial charge in [0.05, 0.1) is 6.10 Å². The molecule has 2 aliphatic rings. The maximum Gasteiger partial charge on any atom is 0.223 e. The van der Waals surface area contributed by atoms with Crippen LogP contribution in [0.15, 0.2) is 18.2 Å². The lowest BCUT2D eigenvalue weighted by Crippen LogP contribution is -2.34. The molecule has 1 aromatic carbocycles. The zero-order chi connectivity index (χ0) is 16.4. The molecule has 1 saturated carbocycles. The zero-order valence-corrected chi connectivity index (χ0v) is 13.4. The van der Waals surface area contributed by atoms with Crippen molar-refractivity contribution in [2.45, 2.75) is 57.1 Å². The van der Waals surface area contributed by atoms with E-state index in [4.69, 9.17) is 4.74 Å². The number of hydrogen-bond donors (Lipinski definition) is 1. The maximum atomic E-state index is 13.7. The molecular weight excluding hydrogens is 300 g/mol. The zero-order valence-electron chi connectivity index (χ0n) is 13.4. The van der Waals surface area contributed by atoms with Gasteiger partial charge in [0.2, 0.25) is 5.91 Å². The van der Waals surface area contributed by atoms with Crippen LogP contribution >= 0.6 is 0 Å². The van der Waals surface area contributed by atoms with E-state index in [1.165, 1.54) is 18.2 Å². The van der Waals surface area contributed by atoms with Crippen molar-refractivity contribution < 1.29 is 18.3 Å². The summed E-state index contributed by atoms with van der Waals surface area (Å²) in [5.41, 5.74) is 0.0552. The topological polar surface area (TPSA) is 38.3 Å². The number of ether oxygens (including phenoxy) is 1. The number of amides is 1. The molecule has 1 amide bonds. The average molecular weight is 323 g/mol. The quantitative estimate of drug-likeness (QED) is 0.870. The molecule has 5 heteroatoms. The molecule has 1 aromatic rings. The second kappa shape index (κ2) is 6.95. The van der Waals surface area contributed by atoms with Crippen molar-refractivity contribution in [2.75, 3.05) is 6.61 Å². The van der Waals surface area contributed by atoms with Crippen molar-refractivity contribution >= 4 is 5.91 Å². The Hall–Kier alpha value is -1.49. The summed E-state index contributed by atoms with van der Waals surface area (Å²) in [6.07, 6.45) is 4.85. The molecule has 126 valence electrons. The van der Waals surface area contributed by atoms with E-state index >= 15 is 0 Å². The van der Waals surface area contributed by atoms with Gasteiger partial charge in [-0.3, -0.25) is 4.79 Å². The Morgan fingerprint density at radius 2 is 2.13 bits per heavy atom. The van der Waals surface area contributed by atoms with Gasteiger partial charge < -0.3 is 10.1 Å². The number of rotatable bonds is 6. The van der Waals surface area contributed by atoms with E-state index < -0.39 is 11.6 Å². The molecular formula is C18H23F2NO2. The Morgan fingerprint density at radius 3 is 2.78 bits per heavy atom. The minimum absolute atomic E-state index is 0.0541. The number of hydrogen-bond acceptors (Lipinski definition) is 2. The Kier molecular flexibility index (Phi) is 4.95. The van der Waals surface area contributed by atoms with Crippen molar-refractivity contribution in [3.63, 3.8) is 0 Å². The van der Waals surface area contributed by atoms with Crippen LogP contribution in [0.5, 0.6) is 0 Å². The number of nitrogens with one attached hydrogen (secondary N) is 1. The van der Waals surface area contributed by atoms with Crippen LogP contribution in [0.25, 0.3) is 0 Å². The molecule has 1 heterocycles. The van der Waals surface area contributed by atoms with Gasteiger partial charge in [-0.1, -0.05) is 6.07 Å². The summed E-state index contributed by atoms with van der Waals surface area (Å²) in [4.78, 5) is 12.2. The highest BCUT2D eigenvalue weighted by atomic mass is 19.1. The van der Waals surface area contributed by atoms with E-state index in [0.29, 0.717) is 12.5 Å². The predicted molar refractivity (Wildman–Crippen MR) is 83.0 cm³/mol. The van der Waals surface area contributed by atoms with Gasteiger partial charge in [-0.05, 0) is 51.2 Å². The lowest BCUT2D eigenvalue weighted by atomic mass is 10.1. The average Bonchev–Trinajstić information content (AvgIpc) is 3.10. The van der Waals surface area contributed by atoms with E-state index in [1.54, 1.807) is 0 Å². The fourth-order valence-corrected chi connectivity index (χ4v) is 3.40. The van der Waals surface area contributed by atoms with Gasteiger partial charge in [0.15, 0.2) is 0 Å². The molecule has 1 aliphatic heterocycles. The monoisotopic (exact) mass is 323 g/mol. The molecule has 0 aromatic heterocycles. The standard InChI is InChI=1S/C18H23F2NO2/c1-11(7-8-12-4-3-9-23-12)21-18(22)14-10-13(14)17-15(19)5-2-6-16(17)20/h2,5-6,11-14H,3-4,7-10H2,1H3,(H,21,22)/t11-,12+,13+,14+/m1/s1. The molecule has 3 nitrogen and oxygen atoms in total. The van der Waals surface area contributed by atoms with Crippen molar-refractivity contribution in [1.82, 2.24) is 5.32 Å². The highest BCUT2D eigenvalue weighted by molar-refractivity contribution is 5.83. The molecule has 0 spiro atoms. The van der Waals surface area contributed by atoms with Gasteiger partial charge in [-0.25, -0.2) is 8.78 Å². The first-order chi connectivity index (χ1) is 11.1. The van der Waals surface area contributed by atoms with E-state index in [0.717, 1.165) is 32.3 Å². The van der Waals surface area contributed by atoms with Gasteiger partial charge in [0, 0.05) is 30.0 Å². The number of benzene rings is 1. The van der Waals surface area contributed by atoms with Crippen LogP contribution in [-0.2, 0) is 9.53 Å². The van der Waals surface area contributed by atoms with Gasteiger partial charge in [0.1, 0.15) is 11.6 Å². The Balaban J connectivity index is 1.48. The Bertz CT molecular complexity index is 552. The van der Waals surface area contributed by atoms with E-state index in [1.807, 2.05) is 6.92 Å². The number of halogens is 2. The molecule has 0 unspecified atom stereocenters. The second-order valence-electron chi connectivity index (χ2n) is 6.71. The van der Waals surface area contributed by atoms with Gasteiger partial charge in [-0.2, -0.15) is 0 Å². The highest BCUT2D eigenvalue weighted by Crippen LogP contribution is 2.49. The molecule has 2 fully saturated rings. The first-order valence-corrected chi connectivity index (χ1v) is 8.42. The van der Waals surface area contributed by atoms with Crippen molar-refractivity contribution in [3.05, 3.63) is 35.4 Å². The predicted octanol–water partition coefficient (Wildman–Crippen LogP) is 3.53. The largest absolute Gasteiger partial charge is 0.378 e. The Morgan fingerprint density at radius 1 is 1.39 bits per heavy atom. The highest BCUT2D eigenvalue weighted by Gasteiger charge is 2.46. The second-order valence-corrected chi connectivity index (χ2v) is 6.71. The number of carbonyl (C=O) groups is 1.